The third kappa shape index (κ3) is 2.76. The molecule has 0 saturated carbocycles. The highest BCUT2D eigenvalue weighted by atomic mass is 16.6. The number of hydrogen-bond donors (Lipinski definition) is 1. The zero-order chi connectivity index (χ0) is 18.5. The van der Waals surface area contributed by atoms with E-state index < -0.39 is 23.4 Å². The molecule has 3 aliphatic rings. The van der Waals surface area contributed by atoms with Crippen molar-refractivity contribution in [3.8, 4) is 11.9 Å². The number of aromatic nitrogens is 2. The van der Waals surface area contributed by atoms with E-state index in [0.29, 0.717) is 11.4 Å². The first kappa shape index (κ1) is 16.0. The van der Waals surface area contributed by atoms with Crippen molar-refractivity contribution in [2.75, 3.05) is 19.6 Å². The van der Waals surface area contributed by atoms with Crippen LogP contribution < -0.4 is 14.8 Å². The number of esters is 2. The van der Waals surface area contributed by atoms with Gasteiger partial charge in [0.1, 0.15) is 5.57 Å². The number of carbonyl (C=O) groups is 3. The van der Waals surface area contributed by atoms with E-state index in [1.807, 2.05) is 0 Å². The van der Waals surface area contributed by atoms with Crippen molar-refractivity contribution in [2.45, 2.75) is 12.5 Å². The summed E-state index contributed by atoms with van der Waals surface area (Å²) < 4.78 is 12.0. The molecule has 3 atom stereocenters. The zero-order valence-corrected chi connectivity index (χ0v) is 14.3. The third-order valence-electron chi connectivity index (χ3n) is 5.23. The first-order valence-corrected chi connectivity index (χ1v) is 8.74. The van der Waals surface area contributed by atoms with Crippen LogP contribution in [0.4, 0.5) is 0 Å². The van der Waals surface area contributed by atoms with Crippen molar-refractivity contribution in [1.82, 2.24) is 19.6 Å². The summed E-state index contributed by atoms with van der Waals surface area (Å²) in [5, 5.41) is 2.85. The van der Waals surface area contributed by atoms with Gasteiger partial charge in [-0.05, 0) is 31.0 Å². The maximum absolute atomic E-state index is 12.7. The summed E-state index contributed by atoms with van der Waals surface area (Å²) in [5.74, 6) is -2.12. The maximum atomic E-state index is 12.7. The van der Waals surface area contributed by atoms with Crippen LogP contribution in [0.25, 0.3) is 5.52 Å². The largest absolute Gasteiger partial charge is 0.403 e. The molecule has 5 heterocycles. The second-order valence-electron chi connectivity index (χ2n) is 6.94. The van der Waals surface area contributed by atoms with E-state index in [4.69, 9.17) is 9.47 Å². The molecule has 1 N–H and O–H groups in total. The van der Waals surface area contributed by atoms with Gasteiger partial charge in [0.05, 0.1) is 5.52 Å². The lowest BCUT2D eigenvalue weighted by Crippen LogP contribution is -2.45. The number of ether oxygens (including phenoxy) is 2. The van der Waals surface area contributed by atoms with E-state index in [0.717, 1.165) is 32.1 Å². The van der Waals surface area contributed by atoms with Crippen molar-refractivity contribution in [3.63, 3.8) is 0 Å². The molecule has 27 heavy (non-hydrogen) atoms. The van der Waals surface area contributed by atoms with Crippen molar-refractivity contribution < 1.29 is 23.9 Å². The number of carbonyl (C=O) groups excluding carboxylic acids is 3. The van der Waals surface area contributed by atoms with Crippen LogP contribution in [-0.2, 0) is 14.4 Å². The summed E-state index contributed by atoms with van der Waals surface area (Å²) in [6.07, 6.45) is 3.54. The van der Waals surface area contributed by atoms with Crippen LogP contribution in [0.15, 0.2) is 36.0 Å². The van der Waals surface area contributed by atoms with Gasteiger partial charge < -0.3 is 19.7 Å². The maximum Gasteiger partial charge on any atom is 0.350 e. The van der Waals surface area contributed by atoms with Gasteiger partial charge in [0, 0.05) is 37.5 Å². The fourth-order valence-electron chi connectivity index (χ4n) is 3.92. The normalized spacial score (nSPS) is 28.6. The van der Waals surface area contributed by atoms with Crippen molar-refractivity contribution in [1.29, 1.82) is 0 Å². The van der Waals surface area contributed by atoms with Gasteiger partial charge in [-0.2, -0.15) is 4.98 Å². The van der Waals surface area contributed by atoms with Gasteiger partial charge in [0.2, 0.25) is 5.88 Å². The molecule has 0 aliphatic carbocycles. The fraction of sp³-hybridized carbons (Fsp3) is 0.333. The first-order valence-electron chi connectivity index (χ1n) is 8.74. The van der Waals surface area contributed by atoms with Gasteiger partial charge in [-0.3, -0.25) is 9.20 Å². The third-order valence-corrected chi connectivity index (χ3v) is 5.23. The molecule has 1 unspecified atom stereocenters. The zero-order valence-electron chi connectivity index (χ0n) is 14.3. The van der Waals surface area contributed by atoms with E-state index in [1.54, 1.807) is 18.3 Å². The molecule has 9 nitrogen and oxygen atoms in total. The molecule has 2 aromatic heterocycles. The molecule has 5 rings (SSSR count). The fourth-order valence-corrected chi connectivity index (χ4v) is 3.92. The lowest BCUT2D eigenvalue weighted by Gasteiger charge is -2.23. The molecule has 3 aliphatic heterocycles. The summed E-state index contributed by atoms with van der Waals surface area (Å²) >= 11 is 0. The highest BCUT2D eigenvalue weighted by Crippen LogP contribution is 2.28. The standard InChI is InChI=1S/C18H16N4O5/c23-15-7-12(16(24)19-13-9-21-5-3-10(13)8-21)17(25)26-14-6-11-2-1-4-22(11)18(20-14)27-15/h1-2,4,6-7,10,13H,3,5,8-9H2,(H,19,24)/b12-7+/t10-,13-/m0/s1. The Bertz CT molecular complexity index is 1010. The van der Waals surface area contributed by atoms with Gasteiger partial charge in [-0.15, -0.1) is 0 Å². The minimum Gasteiger partial charge on any atom is -0.403 e. The number of nitrogens with one attached hydrogen (secondary N) is 1. The molecule has 0 spiro atoms. The predicted octanol–water partition coefficient (Wildman–Crippen LogP) is -0.0946. The van der Waals surface area contributed by atoms with Crippen LogP contribution in [0.5, 0.6) is 11.9 Å². The number of rotatable bonds is 2. The van der Waals surface area contributed by atoms with E-state index in [9.17, 15) is 14.4 Å². The Kier molecular flexibility index (Phi) is 3.51. The van der Waals surface area contributed by atoms with E-state index in [1.165, 1.54) is 10.5 Å². The number of nitrogens with zero attached hydrogens (tertiary/aromatic N) is 3. The number of hydrogen-bond acceptors (Lipinski definition) is 7. The molecular weight excluding hydrogens is 352 g/mol. The Balaban J connectivity index is 1.43. The Morgan fingerprint density at radius 1 is 1.26 bits per heavy atom. The Morgan fingerprint density at radius 2 is 2.15 bits per heavy atom. The topological polar surface area (TPSA) is 102 Å². The Labute approximate surface area is 153 Å². The Morgan fingerprint density at radius 3 is 2.93 bits per heavy atom. The SMILES string of the molecule is O=C1/C=C(\C(=O)N[C@H]2CN3CC[C@H]2C3)C(=O)Oc2cc3cccn3c(n2)O1. The lowest BCUT2D eigenvalue weighted by atomic mass is 9.99. The quantitative estimate of drug-likeness (QED) is 0.584. The summed E-state index contributed by atoms with van der Waals surface area (Å²) in [4.78, 5) is 43.7. The molecule has 2 aromatic rings. The summed E-state index contributed by atoms with van der Waals surface area (Å²) in [6, 6.07) is 4.94. The second kappa shape index (κ2) is 5.92. The highest BCUT2D eigenvalue weighted by molar-refractivity contribution is 6.19. The van der Waals surface area contributed by atoms with Crippen molar-refractivity contribution >= 4 is 23.4 Å². The number of piperidine rings is 1. The molecule has 138 valence electrons. The molecule has 9 heteroatoms. The van der Waals surface area contributed by atoms with Crippen molar-refractivity contribution in [2.24, 2.45) is 5.92 Å². The lowest BCUT2D eigenvalue weighted by molar-refractivity contribution is -0.134. The summed E-state index contributed by atoms with van der Waals surface area (Å²) in [7, 11) is 0. The van der Waals surface area contributed by atoms with Crippen LogP contribution >= 0.6 is 0 Å². The van der Waals surface area contributed by atoms with E-state index in [2.05, 4.69) is 15.2 Å². The Hall–Kier alpha value is -3.20. The van der Waals surface area contributed by atoms with Gasteiger partial charge >= 0.3 is 17.9 Å². The smallest absolute Gasteiger partial charge is 0.350 e. The van der Waals surface area contributed by atoms with Gasteiger partial charge in [-0.1, -0.05) is 0 Å². The van der Waals surface area contributed by atoms with E-state index in [-0.39, 0.29) is 17.9 Å². The number of amides is 1. The molecule has 1 amide bonds. The molecule has 0 aromatic carbocycles. The molecule has 2 fully saturated rings. The highest BCUT2D eigenvalue weighted by Gasteiger charge is 2.39. The summed E-state index contributed by atoms with van der Waals surface area (Å²) in [5.41, 5.74) is 0.242. The molecule has 0 radical (unpaired) electrons. The van der Waals surface area contributed by atoms with Crippen LogP contribution in [0.3, 0.4) is 0 Å². The monoisotopic (exact) mass is 368 g/mol. The van der Waals surface area contributed by atoms with E-state index >= 15 is 0 Å². The van der Waals surface area contributed by atoms with Crippen LogP contribution in [0, 0.1) is 5.92 Å². The van der Waals surface area contributed by atoms with Crippen molar-refractivity contribution in [3.05, 3.63) is 36.0 Å². The number of fused-ring (bicyclic) bond motifs is 6. The average molecular weight is 368 g/mol. The van der Waals surface area contributed by atoms with Crippen LogP contribution in [-0.4, -0.2) is 57.8 Å². The summed E-state index contributed by atoms with van der Waals surface area (Å²) in [6.45, 7) is 2.72. The van der Waals surface area contributed by atoms with Crippen LogP contribution in [0.2, 0.25) is 0 Å². The predicted molar refractivity (Wildman–Crippen MR) is 91.0 cm³/mol. The minimum absolute atomic E-state index is 0.0379. The van der Waals surface area contributed by atoms with Gasteiger partial charge in [0.25, 0.3) is 5.91 Å². The second-order valence-corrected chi connectivity index (χ2v) is 6.94. The minimum atomic E-state index is -0.941. The van der Waals surface area contributed by atoms with Gasteiger partial charge in [-0.25, -0.2) is 9.59 Å². The molecule has 2 saturated heterocycles. The van der Waals surface area contributed by atoms with Crippen LogP contribution in [0.1, 0.15) is 6.42 Å². The molecular formula is C18H16N4O5. The van der Waals surface area contributed by atoms with Gasteiger partial charge in [0.15, 0.2) is 0 Å². The molecule has 4 bridgehead atoms. The first-order chi connectivity index (χ1) is 13.1. The average Bonchev–Trinajstić information content (AvgIpc) is 3.35.